The number of hydrogen-bond donors (Lipinski definition) is 3. The van der Waals surface area contributed by atoms with Crippen LogP contribution in [0.25, 0.3) is 0 Å². The second-order valence-electron chi connectivity index (χ2n) is 7.10. The summed E-state index contributed by atoms with van der Waals surface area (Å²) >= 11 is 0. The van der Waals surface area contributed by atoms with E-state index in [2.05, 4.69) is 10.6 Å². The van der Waals surface area contributed by atoms with Crippen LogP contribution in [0.2, 0.25) is 0 Å². The molecule has 1 unspecified atom stereocenters. The summed E-state index contributed by atoms with van der Waals surface area (Å²) in [5, 5.41) is 5.94. The van der Waals surface area contributed by atoms with E-state index in [1.807, 2.05) is 60.7 Å². The summed E-state index contributed by atoms with van der Waals surface area (Å²) < 4.78 is 0. The monoisotopic (exact) mass is 402 g/mol. The number of rotatable bonds is 4. The number of carbonyl (C=O) groups excluding carboxylic acids is 2. The molecule has 3 amide bonds. The Hall–Kier alpha value is -2.57. The minimum atomic E-state index is -1.08. The molecule has 1 aliphatic heterocycles. The van der Waals surface area contributed by atoms with Crippen molar-refractivity contribution in [2.24, 2.45) is 5.73 Å². The number of anilines is 1. The SMILES string of the molecule is CC(N)(C(=O)NC1CCN(C(=O)Nc2ccccc2)CC1)c1ccccc1.Cl. The van der Waals surface area contributed by atoms with Crippen LogP contribution in [-0.2, 0) is 10.3 Å². The van der Waals surface area contributed by atoms with Crippen molar-refractivity contribution in [3.63, 3.8) is 0 Å². The Morgan fingerprint density at radius 3 is 2.11 bits per heavy atom. The second-order valence-corrected chi connectivity index (χ2v) is 7.10. The van der Waals surface area contributed by atoms with E-state index in [-0.39, 0.29) is 30.4 Å². The topological polar surface area (TPSA) is 87.5 Å². The molecule has 0 aromatic heterocycles. The van der Waals surface area contributed by atoms with E-state index in [0.29, 0.717) is 25.9 Å². The van der Waals surface area contributed by atoms with Crippen molar-refractivity contribution in [3.8, 4) is 0 Å². The van der Waals surface area contributed by atoms with Gasteiger partial charge in [-0.15, -0.1) is 12.4 Å². The molecule has 3 rings (SSSR count). The average molecular weight is 403 g/mol. The molecule has 0 radical (unpaired) electrons. The van der Waals surface area contributed by atoms with E-state index in [4.69, 9.17) is 5.73 Å². The van der Waals surface area contributed by atoms with E-state index in [0.717, 1.165) is 11.3 Å². The fourth-order valence-corrected chi connectivity index (χ4v) is 3.20. The smallest absolute Gasteiger partial charge is 0.321 e. The van der Waals surface area contributed by atoms with Crippen LogP contribution >= 0.6 is 12.4 Å². The lowest BCUT2D eigenvalue weighted by molar-refractivity contribution is -0.127. The lowest BCUT2D eigenvalue weighted by Gasteiger charge is -2.34. The maximum Gasteiger partial charge on any atom is 0.321 e. The Balaban J connectivity index is 0.00000280. The molecule has 2 aromatic rings. The summed E-state index contributed by atoms with van der Waals surface area (Å²) in [6, 6.07) is 18.7. The molecule has 1 heterocycles. The lowest BCUT2D eigenvalue weighted by Crippen LogP contribution is -2.54. The number of hydrogen-bond acceptors (Lipinski definition) is 3. The van der Waals surface area contributed by atoms with Crippen LogP contribution in [0, 0.1) is 0 Å². The van der Waals surface area contributed by atoms with Crippen LogP contribution in [0.4, 0.5) is 10.5 Å². The lowest BCUT2D eigenvalue weighted by atomic mass is 9.91. The standard InChI is InChI=1S/C21H26N4O2.ClH/c1-21(22,16-8-4-2-5-9-16)19(26)23-18-12-14-25(15-13-18)20(27)24-17-10-6-3-7-11-17;/h2-11,18H,12-15,22H2,1H3,(H,23,26)(H,24,27);1H. The first-order valence-electron chi connectivity index (χ1n) is 9.23. The van der Waals surface area contributed by atoms with Crippen molar-refractivity contribution in [1.82, 2.24) is 10.2 Å². The number of likely N-dealkylation sites (tertiary alicyclic amines) is 1. The third-order valence-electron chi connectivity index (χ3n) is 4.99. The first-order valence-corrected chi connectivity index (χ1v) is 9.23. The van der Waals surface area contributed by atoms with Crippen LogP contribution in [-0.4, -0.2) is 36.0 Å². The van der Waals surface area contributed by atoms with Gasteiger partial charge in [0, 0.05) is 24.8 Å². The zero-order valence-corrected chi connectivity index (χ0v) is 16.7. The predicted molar refractivity (Wildman–Crippen MR) is 113 cm³/mol. The molecule has 1 fully saturated rings. The number of halogens is 1. The van der Waals surface area contributed by atoms with Crippen molar-refractivity contribution < 1.29 is 9.59 Å². The van der Waals surface area contributed by atoms with Crippen LogP contribution < -0.4 is 16.4 Å². The van der Waals surface area contributed by atoms with Gasteiger partial charge in [-0.05, 0) is 37.5 Å². The number of piperidine rings is 1. The molecule has 2 aromatic carbocycles. The van der Waals surface area contributed by atoms with Gasteiger partial charge < -0.3 is 21.3 Å². The molecule has 150 valence electrons. The molecule has 6 nitrogen and oxygen atoms in total. The summed E-state index contributed by atoms with van der Waals surface area (Å²) in [7, 11) is 0. The quantitative estimate of drug-likeness (QED) is 0.734. The highest BCUT2D eigenvalue weighted by Crippen LogP contribution is 2.19. The number of nitrogens with two attached hydrogens (primary N) is 1. The zero-order valence-electron chi connectivity index (χ0n) is 15.9. The predicted octanol–water partition coefficient (Wildman–Crippen LogP) is 3.10. The van der Waals surface area contributed by atoms with E-state index in [9.17, 15) is 9.59 Å². The van der Waals surface area contributed by atoms with Crippen LogP contribution in [0.5, 0.6) is 0 Å². The summed E-state index contributed by atoms with van der Waals surface area (Å²) in [6.07, 6.45) is 1.41. The third-order valence-corrected chi connectivity index (χ3v) is 4.99. The largest absolute Gasteiger partial charge is 0.351 e. The molecule has 0 spiro atoms. The van der Waals surface area contributed by atoms with Crippen LogP contribution in [0.3, 0.4) is 0 Å². The molecule has 1 saturated heterocycles. The number of amides is 3. The Kier molecular flexibility index (Phi) is 7.43. The molecule has 7 heteroatoms. The summed E-state index contributed by atoms with van der Waals surface area (Å²) in [6.45, 7) is 2.91. The van der Waals surface area contributed by atoms with Crippen LogP contribution in [0.1, 0.15) is 25.3 Å². The molecule has 0 saturated carbocycles. The van der Waals surface area contributed by atoms with Crippen molar-refractivity contribution in [3.05, 3.63) is 66.2 Å². The van der Waals surface area contributed by atoms with Gasteiger partial charge in [0.1, 0.15) is 5.54 Å². The van der Waals surface area contributed by atoms with Crippen molar-refractivity contribution in [2.45, 2.75) is 31.3 Å². The number of urea groups is 1. The normalized spacial score (nSPS) is 16.4. The highest BCUT2D eigenvalue weighted by Gasteiger charge is 2.33. The Morgan fingerprint density at radius 2 is 1.54 bits per heavy atom. The van der Waals surface area contributed by atoms with Crippen molar-refractivity contribution in [1.29, 1.82) is 0 Å². The van der Waals surface area contributed by atoms with E-state index >= 15 is 0 Å². The van der Waals surface area contributed by atoms with Gasteiger partial charge in [-0.2, -0.15) is 0 Å². The van der Waals surface area contributed by atoms with Gasteiger partial charge in [-0.1, -0.05) is 48.5 Å². The molecular formula is C21H27ClN4O2. The van der Waals surface area contributed by atoms with Gasteiger partial charge in [-0.25, -0.2) is 4.79 Å². The third kappa shape index (κ3) is 5.24. The molecule has 1 atom stereocenters. The maximum absolute atomic E-state index is 12.7. The van der Waals surface area contributed by atoms with Crippen LogP contribution in [0.15, 0.2) is 60.7 Å². The first kappa shape index (κ1) is 21.7. The van der Waals surface area contributed by atoms with E-state index in [1.165, 1.54) is 0 Å². The summed E-state index contributed by atoms with van der Waals surface area (Å²) in [4.78, 5) is 26.8. The van der Waals surface area contributed by atoms with Crippen molar-refractivity contribution in [2.75, 3.05) is 18.4 Å². The number of nitrogens with one attached hydrogen (secondary N) is 2. The minimum Gasteiger partial charge on any atom is -0.351 e. The fourth-order valence-electron chi connectivity index (χ4n) is 3.20. The molecule has 0 bridgehead atoms. The summed E-state index contributed by atoms with van der Waals surface area (Å²) in [5.41, 5.74) is 6.75. The molecule has 0 aliphatic carbocycles. The highest BCUT2D eigenvalue weighted by atomic mass is 35.5. The van der Waals surface area contributed by atoms with Gasteiger partial charge in [-0.3, -0.25) is 4.79 Å². The molecule has 28 heavy (non-hydrogen) atoms. The minimum absolute atomic E-state index is 0. The Labute approximate surface area is 171 Å². The van der Waals surface area contributed by atoms with Crippen molar-refractivity contribution >= 4 is 30.0 Å². The van der Waals surface area contributed by atoms with Gasteiger partial charge in [0.15, 0.2) is 0 Å². The molecular weight excluding hydrogens is 376 g/mol. The maximum atomic E-state index is 12.7. The Bertz CT molecular complexity index is 776. The number of para-hydroxylation sites is 1. The fraction of sp³-hybridized carbons (Fsp3) is 0.333. The Morgan fingerprint density at radius 1 is 1.00 bits per heavy atom. The van der Waals surface area contributed by atoms with Gasteiger partial charge in [0.05, 0.1) is 0 Å². The second kappa shape index (κ2) is 9.57. The van der Waals surface area contributed by atoms with E-state index in [1.54, 1.807) is 11.8 Å². The molecule has 4 N–H and O–H groups in total. The number of benzene rings is 2. The van der Waals surface area contributed by atoms with E-state index < -0.39 is 5.54 Å². The zero-order chi connectivity index (χ0) is 19.3. The van der Waals surface area contributed by atoms with Gasteiger partial charge >= 0.3 is 6.03 Å². The van der Waals surface area contributed by atoms with Gasteiger partial charge in [0.25, 0.3) is 0 Å². The average Bonchev–Trinajstić information content (AvgIpc) is 2.70. The first-order chi connectivity index (χ1) is 13.0. The molecule has 1 aliphatic rings. The highest BCUT2D eigenvalue weighted by molar-refractivity contribution is 5.89. The van der Waals surface area contributed by atoms with Gasteiger partial charge in [0.2, 0.25) is 5.91 Å². The number of carbonyl (C=O) groups is 2. The summed E-state index contributed by atoms with van der Waals surface area (Å²) in [5.74, 6) is -0.194. The number of nitrogens with zero attached hydrogens (tertiary/aromatic N) is 1.